The molecule has 1 fully saturated rings. The van der Waals surface area contributed by atoms with Crippen LogP contribution in [0.3, 0.4) is 0 Å². The Bertz CT molecular complexity index is 456. The summed E-state index contributed by atoms with van der Waals surface area (Å²) < 4.78 is 5.75. The van der Waals surface area contributed by atoms with Crippen molar-refractivity contribution in [1.82, 2.24) is 4.90 Å². The molecule has 1 heterocycles. The van der Waals surface area contributed by atoms with E-state index in [0.29, 0.717) is 17.8 Å². The summed E-state index contributed by atoms with van der Waals surface area (Å²) in [4.78, 5) is 4.69. The van der Waals surface area contributed by atoms with Crippen LogP contribution in [0.2, 0.25) is 0 Å². The highest BCUT2D eigenvalue weighted by Crippen LogP contribution is 2.14. The molecule has 0 aliphatic carbocycles. The van der Waals surface area contributed by atoms with Crippen molar-refractivity contribution in [2.45, 2.75) is 26.1 Å². The molecule has 20 heavy (non-hydrogen) atoms. The molecule has 4 nitrogen and oxygen atoms in total. The molecule has 0 amide bonds. The smallest absolute Gasteiger partial charge is 0.0991 e. The summed E-state index contributed by atoms with van der Waals surface area (Å²) >= 11 is 0. The molecule has 1 aromatic rings. The van der Waals surface area contributed by atoms with E-state index in [2.05, 4.69) is 36.8 Å². The Morgan fingerprint density at radius 2 is 1.85 bits per heavy atom. The van der Waals surface area contributed by atoms with Gasteiger partial charge in [-0.25, -0.2) is 0 Å². The molecule has 0 N–H and O–H groups in total. The molecular weight excluding hydrogens is 250 g/mol. The lowest BCUT2D eigenvalue weighted by atomic mass is 10.2. The number of ether oxygens (including phenoxy) is 1. The van der Waals surface area contributed by atoms with Gasteiger partial charge in [-0.3, -0.25) is 4.90 Å². The second kappa shape index (κ2) is 6.74. The SMILES string of the molecule is C[C@@H]1CN(CCN(C)c2ccc(C#N)cc2)C[C@H](C)O1. The van der Waals surface area contributed by atoms with E-state index in [1.165, 1.54) is 0 Å². The van der Waals surface area contributed by atoms with E-state index < -0.39 is 0 Å². The summed E-state index contributed by atoms with van der Waals surface area (Å²) in [6, 6.07) is 9.88. The number of hydrogen-bond acceptors (Lipinski definition) is 4. The van der Waals surface area contributed by atoms with Crippen molar-refractivity contribution in [3.05, 3.63) is 29.8 Å². The van der Waals surface area contributed by atoms with Crippen molar-refractivity contribution in [3.63, 3.8) is 0 Å². The van der Waals surface area contributed by atoms with Crippen LogP contribution >= 0.6 is 0 Å². The zero-order valence-corrected chi connectivity index (χ0v) is 12.5. The van der Waals surface area contributed by atoms with Crippen molar-refractivity contribution in [2.75, 3.05) is 38.1 Å². The van der Waals surface area contributed by atoms with Crippen LogP contribution in [0.25, 0.3) is 0 Å². The Hall–Kier alpha value is -1.57. The lowest BCUT2D eigenvalue weighted by Crippen LogP contribution is -2.47. The van der Waals surface area contributed by atoms with Crippen molar-refractivity contribution in [2.24, 2.45) is 0 Å². The Balaban J connectivity index is 1.85. The third kappa shape index (κ3) is 3.96. The molecule has 0 bridgehead atoms. The topological polar surface area (TPSA) is 39.5 Å². The molecule has 0 radical (unpaired) electrons. The van der Waals surface area contributed by atoms with E-state index in [1.807, 2.05) is 24.3 Å². The van der Waals surface area contributed by atoms with Gasteiger partial charge in [-0.2, -0.15) is 5.26 Å². The maximum absolute atomic E-state index is 8.81. The number of nitriles is 1. The molecule has 2 rings (SSSR count). The van der Waals surface area contributed by atoms with E-state index in [9.17, 15) is 0 Å². The van der Waals surface area contributed by atoms with Gasteiger partial charge in [-0.05, 0) is 38.1 Å². The van der Waals surface area contributed by atoms with Crippen molar-refractivity contribution >= 4 is 5.69 Å². The minimum Gasteiger partial charge on any atom is -0.373 e. The standard InChI is InChI=1S/C16H23N3O/c1-13-11-19(12-14(2)20-13)9-8-18(3)16-6-4-15(10-17)5-7-16/h4-7,13-14H,8-9,11-12H2,1-3H3/t13-,14+. The van der Waals surface area contributed by atoms with Gasteiger partial charge in [0, 0.05) is 38.9 Å². The highest BCUT2D eigenvalue weighted by atomic mass is 16.5. The monoisotopic (exact) mass is 273 g/mol. The highest BCUT2D eigenvalue weighted by Gasteiger charge is 2.21. The Morgan fingerprint density at radius 3 is 2.40 bits per heavy atom. The number of nitrogens with zero attached hydrogens (tertiary/aromatic N) is 3. The zero-order chi connectivity index (χ0) is 14.5. The lowest BCUT2D eigenvalue weighted by molar-refractivity contribution is -0.0670. The predicted molar refractivity (Wildman–Crippen MR) is 80.9 cm³/mol. The first-order valence-corrected chi connectivity index (χ1v) is 7.17. The Morgan fingerprint density at radius 1 is 1.25 bits per heavy atom. The van der Waals surface area contributed by atoms with E-state index >= 15 is 0 Å². The minimum atomic E-state index is 0.318. The van der Waals surface area contributed by atoms with Crippen LogP contribution in [0, 0.1) is 11.3 Å². The van der Waals surface area contributed by atoms with Gasteiger partial charge in [0.1, 0.15) is 0 Å². The minimum absolute atomic E-state index is 0.318. The second-order valence-corrected chi connectivity index (χ2v) is 5.60. The first-order valence-electron chi connectivity index (χ1n) is 7.17. The fourth-order valence-electron chi connectivity index (χ4n) is 2.68. The Labute approximate surface area is 121 Å². The maximum atomic E-state index is 8.81. The molecular formula is C16H23N3O. The van der Waals surface area contributed by atoms with Crippen LogP contribution in [0.1, 0.15) is 19.4 Å². The quantitative estimate of drug-likeness (QED) is 0.842. The summed E-state index contributed by atoms with van der Waals surface area (Å²) in [5, 5.41) is 8.81. The molecule has 0 spiro atoms. The zero-order valence-electron chi connectivity index (χ0n) is 12.5. The van der Waals surface area contributed by atoms with Crippen molar-refractivity contribution < 1.29 is 4.74 Å². The maximum Gasteiger partial charge on any atom is 0.0991 e. The first-order chi connectivity index (χ1) is 9.58. The van der Waals surface area contributed by atoms with Gasteiger partial charge in [0.25, 0.3) is 0 Å². The Kier molecular flexibility index (Phi) is 4.99. The fraction of sp³-hybridized carbons (Fsp3) is 0.562. The van der Waals surface area contributed by atoms with Crippen LogP contribution < -0.4 is 4.90 Å². The highest BCUT2D eigenvalue weighted by molar-refractivity contribution is 5.48. The third-order valence-corrected chi connectivity index (χ3v) is 3.68. The molecule has 4 heteroatoms. The van der Waals surface area contributed by atoms with Gasteiger partial charge in [0.15, 0.2) is 0 Å². The number of benzene rings is 1. The molecule has 0 saturated carbocycles. The van der Waals surface area contributed by atoms with Crippen molar-refractivity contribution in [1.29, 1.82) is 5.26 Å². The van der Waals surface area contributed by atoms with Gasteiger partial charge in [0.2, 0.25) is 0 Å². The normalized spacial score (nSPS) is 23.3. The summed E-state index contributed by atoms with van der Waals surface area (Å²) in [6.07, 6.45) is 0.637. The molecule has 0 aromatic heterocycles. The average Bonchev–Trinajstić information content (AvgIpc) is 2.44. The molecule has 2 atom stereocenters. The summed E-state index contributed by atoms with van der Waals surface area (Å²) in [5.41, 5.74) is 1.86. The van der Waals surface area contributed by atoms with Gasteiger partial charge < -0.3 is 9.64 Å². The molecule has 1 aliphatic rings. The molecule has 108 valence electrons. The van der Waals surface area contributed by atoms with Crippen LogP contribution in [-0.4, -0.2) is 50.3 Å². The number of hydrogen-bond donors (Lipinski definition) is 0. The third-order valence-electron chi connectivity index (χ3n) is 3.68. The van der Waals surface area contributed by atoms with Crippen LogP contribution in [0.15, 0.2) is 24.3 Å². The average molecular weight is 273 g/mol. The predicted octanol–water partition coefficient (Wildman–Crippen LogP) is 2.10. The largest absolute Gasteiger partial charge is 0.373 e. The van der Waals surface area contributed by atoms with Crippen LogP contribution in [0.4, 0.5) is 5.69 Å². The molecule has 1 aromatic carbocycles. The number of likely N-dealkylation sites (N-methyl/N-ethyl adjacent to an activating group) is 1. The molecule has 0 unspecified atom stereocenters. The van der Waals surface area contributed by atoms with Gasteiger partial charge >= 0.3 is 0 Å². The van der Waals surface area contributed by atoms with E-state index in [0.717, 1.165) is 31.9 Å². The van der Waals surface area contributed by atoms with Crippen LogP contribution in [0.5, 0.6) is 0 Å². The fourth-order valence-corrected chi connectivity index (χ4v) is 2.68. The van der Waals surface area contributed by atoms with Gasteiger partial charge in [-0.15, -0.1) is 0 Å². The number of rotatable bonds is 4. The summed E-state index contributed by atoms with van der Waals surface area (Å²) in [7, 11) is 2.09. The molecule has 1 aliphatic heterocycles. The summed E-state index contributed by atoms with van der Waals surface area (Å²) in [5.74, 6) is 0. The number of anilines is 1. The first kappa shape index (κ1) is 14.8. The van der Waals surface area contributed by atoms with Gasteiger partial charge in [-0.1, -0.05) is 0 Å². The van der Waals surface area contributed by atoms with Crippen molar-refractivity contribution in [3.8, 4) is 6.07 Å². The lowest BCUT2D eigenvalue weighted by Gasteiger charge is -2.36. The van der Waals surface area contributed by atoms with Gasteiger partial charge in [0.05, 0.1) is 23.8 Å². The van der Waals surface area contributed by atoms with Crippen LogP contribution in [-0.2, 0) is 4.74 Å². The summed E-state index contributed by atoms with van der Waals surface area (Å²) in [6.45, 7) is 8.29. The number of morpholine rings is 1. The van der Waals surface area contributed by atoms with E-state index in [-0.39, 0.29) is 0 Å². The van der Waals surface area contributed by atoms with E-state index in [1.54, 1.807) is 0 Å². The second-order valence-electron chi connectivity index (χ2n) is 5.60. The molecule has 1 saturated heterocycles. The van der Waals surface area contributed by atoms with E-state index in [4.69, 9.17) is 10.00 Å².